The van der Waals surface area contributed by atoms with Crippen LogP contribution < -0.4 is 20.1 Å². The van der Waals surface area contributed by atoms with Gasteiger partial charge in [-0.3, -0.25) is 9.78 Å². The zero-order chi connectivity index (χ0) is 17.7. The van der Waals surface area contributed by atoms with Gasteiger partial charge in [-0.1, -0.05) is 0 Å². The molecule has 2 N–H and O–H groups in total. The Labute approximate surface area is 142 Å². The second kappa shape index (κ2) is 7.21. The summed E-state index contributed by atoms with van der Waals surface area (Å²) >= 11 is 0. The molecule has 0 bridgehead atoms. The van der Waals surface area contributed by atoms with Crippen LogP contribution in [0.15, 0.2) is 36.5 Å². The van der Waals surface area contributed by atoms with Gasteiger partial charge in [0, 0.05) is 23.5 Å². The number of nitrogens with zero attached hydrogens (tertiary/aromatic N) is 1. The molecule has 1 amide bonds. The number of pyridine rings is 1. The van der Waals surface area contributed by atoms with Crippen molar-refractivity contribution in [2.75, 3.05) is 19.5 Å². The lowest BCUT2D eigenvalue weighted by Crippen LogP contribution is -2.40. The molecule has 1 aromatic carbocycles. The van der Waals surface area contributed by atoms with Crippen LogP contribution in [0.3, 0.4) is 0 Å². The van der Waals surface area contributed by atoms with Crippen molar-refractivity contribution in [2.24, 2.45) is 0 Å². The molecular weight excluding hydrogens is 306 g/mol. The molecule has 0 unspecified atom stereocenters. The number of aromatic nitrogens is 1. The van der Waals surface area contributed by atoms with Crippen LogP contribution in [0.25, 0.3) is 0 Å². The fourth-order valence-electron chi connectivity index (χ4n) is 2.10. The maximum atomic E-state index is 12.2. The van der Waals surface area contributed by atoms with Crippen molar-refractivity contribution < 1.29 is 14.3 Å². The Morgan fingerprint density at radius 3 is 2.46 bits per heavy atom. The number of hydrogen-bond donors (Lipinski definition) is 2. The van der Waals surface area contributed by atoms with Crippen LogP contribution in [-0.4, -0.2) is 30.6 Å². The molecule has 6 nitrogen and oxygen atoms in total. The Bertz CT molecular complexity index is 724. The van der Waals surface area contributed by atoms with Crippen molar-refractivity contribution >= 4 is 17.3 Å². The lowest BCUT2D eigenvalue weighted by Gasteiger charge is -2.20. The first kappa shape index (κ1) is 17.6. The largest absolute Gasteiger partial charge is 0.497 e. The van der Waals surface area contributed by atoms with Crippen LogP contribution in [0.4, 0.5) is 11.4 Å². The third-order valence-electron chi connectivity index (χ3n) is 3.17. The summed E-state index contributed by atoms with van der Waals surface area (Å²) in [4.78, 5) is 16.4. The van der Waals surface area contributed by atoms with E-state index in [1.165, 1.54) is 0 Å². The highest BCUT2D eigenvalue weighted by atomic mass is 16.5. The highest BCUT2D eigenvalue weighted by molar-refractivity contribution is 5.93. The molecular formula is C18H23N3O3. The maximum Gasteiger partial charge on any atom is 0.270 e. The number of ether oxygens (including phenoxy) is 2. The van der Waals surface area contributed by atoms with E-state index in [4.69, 9.17) is 9.47 Å². The minimum Gasteiger partial charge on any atom is -0.497 e. The molecule has 24 heavy (non-hydrogen) atoms. The topological polar surface area (TPSA) is 72.5 Å². The molecule has 0 atom stereocenters. The number of rotatable bonds is 5. The van der Waals surface area contributed by atoms with Crippen LogP contribution in [0.2, 0.25) is 0 Å². The fourth-order valence-corrected chi connectivity index (χ4v) is 2.10. The van der Waals surface area contributed by atoms with Crippen molar-refractivity contribution in [1.29, 1.82) is 0 Å². The van der Waals surface area contributed by atoms with Gasteiger partial charge in [-0.05, 0) is 45.0 Å². The average Bonchev–Trinajstić information content (AvgIpc) is 2.53. The SMILES string of the molecule is COc1ccc(OC)c(Nc2ccnc(C(=O)NC(C)(C)C)c2)c1. The van der Waals surface area contributed by atoms with E-state index in [1.54, 1.807) is 32.5 Å². The number of carbonyl (C=O) groups excluding carboxylic acids is 1. The molecule has 6 heteroatoms. The molecule has 1 heterocycles. The summed E-state index contributed by atoms with van der Waals surface area (Å²) in [5, 5.41) is 6.12. The Hall–Kier alpha value is -2.76. The second-order valence-electron chi connectivity index (χ2n) is 6.33. The Morgan fingerprint density at radius 2 is 1.83 bits per heavy atom. The summed E-state index contributed by atoms with van der Waals surface area (Å²) in [5.41, 5.74) is 1.50. The van der Waals surface area contributed by atoms with E-state index in [1.807, 2.05) is 39.0 Å². The predicted molar refractivity (Wildman–Crippen MR) is 94.3 cm³/mol. The molecule has 0 fully saturated rings. The van der Waals surface area contributed by atoms with Gasteiger partial charge in [0.15, 0.2) is 0 Å². The monoisotopic (exact) mass is 329 g/mol. The number of hydrogen-bond acceptors (Lipinski definition) is 5. The van der Waals surface area contributed by atoms with E-state index < -0.39 is 0 Å². The molecule has 0 saturated carbocycles. The smallest absolute Gasteiger partial charge is 0.270 e. The van der Waals surface area contributed by atoms with Gasteiger partial charge >= 0.3 is 0 Å². The number of methoxy groups -OCH3 is 2. The first-order valence-electron chi connectivity index (χ1n) is 7.60. The summed E-state index contributed by atoms with van der Waals surface area (Å²) in [5.74, 6) is 1.16. The first-order valence-corrected chi connectivity index (χ1v) is 7.60. The van der Waals surface area contributed by atoms with E-state index in [9.17, 15) is 4.79 Å². The van der Waals surface area contributed by atoms with Crippen LogP contribution >= 0.6 is 0 Å². The van der Waals surface area contributed by atoms with E-state index in [-0.39, 0.29) is 11.4 Å². The number of carbonyl (C=O) groups is 1. The Balaban J connectivity index is 2.25. The second-order valence-corrected chi connectivity index (χ2v) is 6.33. The molecule has 0 saturated heterocycles. The third-order valence-corrected chi connectivity index (χ3v) is 3.17. The van der Waals surface area contributed by atoms with Crippen molar-refractivity contribution in [3.63, 3.8) is 0 Å². The zero-order valence-electron chi connectivity index (χ0n) is 14.6. The number of anilines is 2. The third kappa shape index (κ3) is 4.62. The standard InChI is InChI=1S/C18H23N3O3/c1-18(2,3)21-17(22)15-10-12(8-9-19-15)20-14-11-13(23-4)6-7-16(14)24-5/h6-11H,1-5H3,(H,19,20)(H,21,22). The van der Waals surface area contributed by atoms with E-state index in [0.717, 1.165) is 11.4 Å². The van der Waals surface area contributed by atoms with Gasteiger partial charge in [0.2, 0.25) is 0 Å². The van der Waals surface area contributed by atoms with Crippen LogP contribution in [0.1, 0.15) is 31.3 Å². The minimum absolute atomic E-state index is 0.219. The summed E-state index contributed by atoms with van der Waals surface area (Å²) in [6.45, 7) is 5.77. The highest BCUT2D eigenvalue weighted by Crippen LogP contribution is 2.31. The van der Waals surface area contributed by atoms with E-state index in [0.29, 0.717) is 17.2 Å². The van der Waals surface area contributed by atoms with E-state index in [2.05, 4.69) is 15.6 Å². The van der Waals surface area contributed by atoms with Gasteiger partial charge in [0.1, 0.15) is 17.2 Å². The minimum atomic E-state index is -0.321. The molecule has 0 aliphatic rings. The van der Waals surface area contributed by atoms with Crippen molar-refractivity contribution in [3.8, 4) is 11.5 Å². The van der Waals surface area contributed by atoms with Gasteiger partial charge in [-0.15, -0.1) is 0 Å². The van der Waals surface area contributed by atoms with Crippen molar-refractivity contribution in [1.82, 2.24) is 10.3 Å². The molecule has 0 spiro atoms. The van der Waals surface area contributed by atoms with Gasteiger partial charge in [-0.2, -0.15) is 0 Å². The predicted octanol–water partition coefficient (Wildman–Crippen LogP) is 3.37. The Morgan fingerprint density at radius 1 is 1.08 bits per heavy atom. The highest BCUT2D eigenvalue weighted by Gasteiger charge is 2.16. The van der Waals surface area contributed by atoms with Crippen LogP contribution in [0, 0.1) is 0 Å². The summed E-state index contributed by atoms with van der Waals surface area (Å²) in [6, 6.07) is 8.94. The van der Waals surface area contributed by atoms with Gasteiger partial charge < -0.3 is 20.1 Å². The first-order chi connectivity index (χ1) is 11.3. The lowest BCUT2D eigenvalue weighted by atomic mass is 10.1. The summed E-state index contributed by atoms with van der Waals surface area (Å²) in [7, 11) is 3.20. The van der Waals surface area contributed by atoms with Crippen molar-refractivity contribution in [3.05, 3.63) is 42.2 Å². The number of amides is 1. The zero-order valence-corrected chi connectivity index (χ0v) is 14.6. The molecule has 2 rings (SSSR count). The normalized spacial score (nSPS) is 10.9. The van der Waals surface area contributed by atoms with Crippen LogP contribution in [-0.2, 0) is 0 Å². The lowest BCUT2D eigenvalue weighted by molar-refractivity contribution is 0.0914. The Kier molecular flexibility index (Phi) is 5.28. The van der Waals surface area contributed by atoms with Crippen LogP contribution in [0.5, 0.6) is 11.5 Å². The number of benzene rings is 1. The van der Waals surface area contributed by atoms with E-state index >= 15 is 0 Å². The fraction of sp³-hybridized carbons (Fsp3) is 0.333. The average molecular weight is 329 g/mol. The maximum absolute atomic E-state index is 12.2. The molecule has 0 aliphatic heterocycles. The van der Waals surface area contributed by atoms with Gasteiger partial charge in [-0.25, -0.2) is 0 Å². The van der Waals surface area contributed by atoms with Gasteiger partial charge in [0.05, 0.1) is 19.9 Å². The number of nitrogens with one attached hydrogen (secondary N) is 2. The molecule has 1 aromatic heterocycles. The molecule has 128 valence electrons. The molecule has 0 aliphatic carbocycles. The van der Waals surface area contributed by atoms with Crippen molar-refractivity contribution in [2.45, 2.75) is 26.3 Å². The summed E-state index contributed by atoms with van der Waals surface area (Å²) in [6.07, 6.45) is 1.59. The quantitative estimate of drug-likeness (QED) is 0.880. The van der Waals surface area contributed by atoms with Gasteiger partial charge in [0.25, 0.3) is 5.91 Å². The summed E-state index contributed by atoms with van der Waals surface area (Å²) < 4.78 is 10.6. The molecule has 2 aromatic rings. The molecule has 0 radical (unpaired) electrons.